The minimum Gasteiger partial charge on any atom is -0.258 e. The van der Waals surface area contributed by atoms with Gasteiger partial charge >= 0.3 is 5.69 Å². The Morgan fingerprint density at radius 3 is 2.59 bits per heavy atom. The number of hydrogen-bond donors (Lipinski definition) is 0. The van der Waals surface area contributed by atoms with Crippen LogP contribution in [0.25, 0.3) is 11.3 Å². The Labute approximate surface area is 98.7 Å². The fourth-order valence-corrected chi connectivity index (χ4v) is 1.97. The Hall–Kier alpha value is -1.89. The predicted molar refractivity (Wildman–Crippen MR) is 58.9 cm³/mol. The van der Waals surface area contributed by atoms with Gasteiger partial charge in [0.1, 0.15) is 5.82 Å². The third-order valence-electron chi connectivity index (χ3n) is 2.13. The average molecular weight is 256 g/mol. The van der Waals surface area contributed by atoms with Crippen molar-refractivity contribution >= 4 is 17.0 Å². The van der Waals surface area contributed by atoms with Gasteiger partial charge in [-0.3, -0.25) is 10.1 Å². The van der Waals surface area contributed by atoms with Crippen molar-refractivity contribution in [3.63, 3.8) is 0 Å². The first kappa shape index (κ1) is 11.6. The molecule has 0 radical (unpaired) electrons. The van der Waals surface area contributed by atoms with Gasteiger partial charge < -0.3 is 0 Å². The van der Waals surface area contributed by atoms with Gasteiger partial charge in [-0.15, -0.1) is 11.3 Å². The molecule has 0 bridgehead atoms. The van der Waals surface area contributed by atoms with E-state index in [9.17, 15) is 18.9 Å². The summed E-state index contributed by atoms with van der Waals surface area (Å²) in [6.45, 7) is 1.73. The summed E-state index contributed by atoms with van der Waals surface area (Å²) in [6.07, 6.45) is 0. The number of nitro benzene ring substituents is 1. The van der Waals surface area contributed by atoms with E-state index in [0.29, 0.717) is 11.1 Å². The lowest BCUT2D eigenvalue weighted by Gasteiger charge is -2.00. The summed E-state index contributed by atoms with van der Waals surface area (Å²) in [5, 5.41) is 12.8. The van der Waals surface area contributed by atoms with E-state index < -0.39 is 22.2 Å². The fraction of sp³-hybridized carbons (Fsp3) is 0.100. The second-order valence-corrected chi connectivity index (χ2v) is 4.35. The molecule has 0 unspecified atom stereocenters. The van der Waals surface area contributed by atoms with Crippen molar-refractivity contribution in [1.82, 2.24) is 4.98 Å². The molecule has 0 saturated carbocycles. The van der Waals surface area contributed by atoms with Gasteiger partial charge in [0.05, 0.1) is 15.6 Å². The molecule has 0 fully saturated rings. The van der Waals surface area contributed by atoms with E-state index in [1.807, 2.05) is 0 Å². The first-order valence-electron chi connectivity index (χ1n) is 4.55. The summed E-state index contributed by atoms with van der Waals surface area (Å²) >= 11 is 1.29. The second kappa shape index (κ2) is 4.17. The standard InChI is InChI=1S/C10H6F2N2O2S/c1-5-13-9(4-17-5)6-2-10(14(15)16)8(12)3-7(6)11/h2-4H,1H3. The summed E-state index contributed by atoms with van der Waals surface area (Å²) in [4.78, 5) is 13.7. The Bertz CT molecular complexity index is 598. The SMILES string of the molecule is Cc1nc(-c2cc([N+](=O)[O-])c(F)cc2F)cs1. The van der Waals surface area contributed by atoms with Crippen LogP contribution in [-0.4, -0.2) is 9.91 Å². The lowest BCUT2D eigenvalue weighted by atomic mass is 10.1. The Balaban J connectivity index is 2.62. The first-order valence-corrected chi connectivity index (χ1v) is 5.43. The number of aromatic nitrogens is 1. The molecular weight excluding hydrogens is 250 g/mol. The summed E-state index contributed by atoms with van der Waals surface area (Å²) in [5.41, 5.74) is -0.553. The Morgan fingerprint density at radius 1 is 1.35 bits per heavy atom. The molecule has 0 aliphatic heterocycles. The van der Waals surface area contributed by atoms with Gasteiger partial charge in [-0.25, -0.2) is 9.37 Å². The maximum absolute atomic E-state index is 13.5. The lowest BCUT2D eigenvalue weighted by Crippen LogP contribution is -1.96. The number of hydrogen-bond acceptors (Lipinski definition) is 4. The van der Waals surface area contributed by atoms with Gasteiger partial charge in [0.25, 0.3) is 0 Å². The van der Waals surface area contributed by atoms with E-state index in [4.69, 9.17) is 0 Å². The Morgan fingerprint density at radius 2 is 2.06 bits per heavy atom. The van der Waals surface area contributed by atoms with Crippen LogP contribution in [0.15, 0.2) is 17.5 Å². The largest absolute Gasteiger partial charge is 0.305 e. The normalized spacial score (nSPS) is 10.5. The van der Waals surface area contributed by atoms with Gasteiger partial charge in [-0.1, -0.05) is 0 Å². The van der Waals surface area contributed by atoms with E-state index >= 15 is 0 Å². The third kappa shape index (κ3) is 2.14. The number of rotatable bonds is 2. The molecule has 4 nitrogen and oxygen atoms in total. The minimum absolute atomic E-state index is 0.0672. The van der Waals surface area contributed by atoms with Crippen LogP contribution in [0.1, 0.15) is 5.01 Å². The van der Waals surface area contributed by atoms with Crippen LogP contribution in [0.2, 0.25) is 0 Å². The zero-order chi connectivity index (χ0) is 12.6. The zero-order valence-electron chi connectivity index (χ0n) is 8.61. The highest BCUT2D eigenvalue weighted by molar-refractivity contribution is 7.09. The maximum atomic E-state index is 13.5. The van der Waals surface area contributed by atoms with Crippen LogP contribution >= 0.6 is 11.3 Å². The van der Waals surface area contributed by atoms with Crippen LogP contribution in [0.3, 0.4) is 0 Å². The van der Waals surface area contributed by atoms with E-state index in [1.165, 1.54) is 11.3 Å². The fourth-order valence-electron chi connectivity index (χ4n) is 1.36. The first-order chi connectivity index (χ1) is 7.99. The quantitative estimate of drug-likeness (QED) is 0.611. The monoisotopic (exact) mass is 256 g/mol. The molecule has 0 amide bonds. The highest BCUT2D eigenvalue weighted by Gasteiger charge is 2.20. The van der Waals surface area contributed by atoms with Crippen molar-refractivity contribution in [3.05, 3.63) is 44.3 Å². The predicted octanol–water partition coefficient (Wildman–Crippen LogP) is 3.30. The number of nitrogens with zero attached hydrogens (tertiary/aromatic N) is 2. The molecule has 0 aliphatic carbocycles. The topological polar surface area (TPSA) is 56.0 Å². The van der Waals surface area contributed by atoms with Crippen LogP contribution in [0, 0.1) is 28.7 Å². The number of aryl methyl sites for hydroxylation is 1. The van der Waals surface area contributed by atoms with Gasteiger partial charge in [0.2, 0.25) is 5.82 Å². The van der Waals surface area contributed by atoms with Gasteiger partial charge in [-0.05, 0) is 6.92 Å². The minimum atomic E-state index is -1.19. The molecule has 0 spiro atoms. The molecule has 1 heterocycles. The molecule has 88 valence electrons. The van der Waals surface area contributed by atoms with Gasteiger partial charge in [-0.2, -0.15) is 4.39 Å². The number of halogens is 2. The summed E-state index contributed by atoms with van der Waals surface area (Å²) in [6, 6.07) is 1.36. The van der Waals surface area contributed by atoms with E-state index in [-0.39, 0.29) is 11.3 Å². The van der Waals surface area contributed by atoms with Crippen molar-refractivity contribution in [2.24, 2.45) is 0 Å². The molecule has 7 heteroatoms. The molecule has 1 aromatic carbocycles. The summed E-state index contributed by atoms with van der Waals surface area (Å²) < 4.78 is 26.6. The lowest BCUT2D eigenvalue weighted by molar-refractivity contribution is -0.387. The molecule has 0 aliphatic rings. The molecule has 1 aromatic heterocycles. The molecule has 0 saturated heterocycles. The molecule has 2 aromatic rings. The summed E-state index contributed by atoms with van der Waals surface area (Å²) in [5.74, 6) is -2.05. The zero-order valence-corrected chi connectivity index (χ0v) is 9.42. The third-order valence-corrected chi connectivity index (χ3v) is 2.90. The van der Waals surface area contributed by atoms with Crippen molar-refractivity contribution in [2.45, 2.75) is 6.92 Å². The van der Waals surface area contributed by atoms with Crippen molar-refractivity contribution in [3.8, 4) is 11.3 Å². The van der Waals surface area contributed by atoms with E-state index in [1.54, 1.807) is 12.3 Å². The van der Waals surface area contributed by atoms with Crippen molar-refractivity contribution < 1.29 is 13.7 Å². The maximum Gasteiger partial charge on any atom is 0.305 e. The van der Waals surface area contributed by atoms with Crippen molar-refractivity contribution in [1.29, 1.82) is 0 Å². The van der Waals surface area contributed by atoms with Crippen LogP contribution < -0.4 is 0 Å². The number of benzene rings is 1. The summed E-state index contributed by atoms with van der Waals surface area (Å²) in [7, 11) is 0. The van der Waals surface area contributed by atoms with Gasteiger partial charge in [0, 0.05) is 23.1 Å². The highest BCUT2D eigenvalue weighted by atomic mass is 32.1. The average Bonchev–Trinajstić information content (AvgIpc) is 2.64. The molecule has 2 rings (SSSR count). The van der Waals surface area contributed by atoms with Crippen molar-refractivity contribution in [2.75, 3.05) is 0 Å². The molecular formula is C10H6F2N2O2S. The smallest absolute Gasteiger partial charge is 0.258 e. The van der Waals surface area contributed by atoms with Crippen LogP contribution in [0.5, 0.6) is 0 Å². The molecule has 0 N–H and O–H groups in total. The molecule has 0 atom stereocenters. The van der Waals surface area contributed by atoms with E-state index in [0.717, 1.165) is 6.07 Å². The molecule has 17 heavy (non-hydrogen) atoms. The Kier molecular flexibility index (Phi) is 2.84. The van der Waals surface area contributed by atoms with Gasteiger partial charge in [0.15, 0.2) is 0 Å². The van der Waals surface area contributed by atoms with E-state index in [2.05, 4.69) is 4.98 Å². The second-order valence-electron chi connectivity index (χ2n) is 3.29. The van der Waals surface area contributed by atoms with Crippen LogP contribution in [0.4, 0.5) is 14.5 Å². The number of thiazole rings is 1. The van der Waals surface area contributed by atoms with Crippen LogP contribution in [-0.2, 0) is 0 Å². The number of nitro groups is 1. The highest BCUT2D eigenvalue weighted by Crippen LogP contribution is 2.29.